The van der Waals surface area contributed by atoms with Crippen molar-refractivity contribution in [1.29, 1.82) is 0 Å². The van der Waals surface area contributed by atoms with E-state index in [2.05, 4.69) is 5.32 Å². The average molecular weight is 206 g/mol. The van der Waals surface area contributed by atoms with E-state index in [0.29, 0.717) is 0 Å². The smallest absolute Gasteiger partial charge is 0.0639 e. The van der Waals surface area contributed by atoms with Gasteiger partial charge in [-0.3, -0.25) is 0 Å². The summed E-state index contributed by atoms with van der Waals surface area (Å²) in [7, 11) is 0. The van der Waals surface area contributed by atoms with E-state index in [1.807, 2.05) is 24.3 Å². The minimum Gasteiger partial charge on any atom is -0.399 e. The maximum atomic E-state index is 5.67. The van der Waals surface area contributed by atoms with E-state index < -0.39 is 0 Å². The van der Waals surface area contributed by atoms with Crippen molar-refractivity contribution >= 4 is 11.4 Å². The van der Waals surface area contributed by atoms with Crippen molar-refractivity contribution in [1.82, 2.24) is 0 Å². The Labute approximate surface area is 90.6 Å². The Hall–Kier alpha value is -1.22. The molecule has 1 aromatic carbocycles. The number of benzene rings is 1. The third-order valence-electron chi connectivity index (χ3n) is 2.51. The minimum absolute atomic E-state index is 0.769. The largest absolute Gasteiger partial charge is 0.399 e. The molecule has 3 heteroatoms. The standard InChI is InChI=1S/C12H18N2O/c13-11-2-1-3-12(8-11)14-6-7-15-9-10-4-5-10/h1-3,8,10,14H,4-7,9,13H2. The number of hydrogen-bond acceptors (Lipinski definition) is 3. The highest BCUT2D eigenvalue weighted by Gasteiger charge is 2.20. The number of rotatable bonds is 6. The first-order chi connectivity index (χ1) is 7.34. The van der Waals surface area contributed by atoms with Crippen molar-refractivity contribution in [3.05, 3.63) is 24.3 Å². The fourth-order valence-electron chi connectivity index (χ4n) is 1.45. The Morgan fingerprint density at radius 2 is 2.27 bits per heavy atom. The van der Waals surface area contributed by atoms with Crippen LogP contribution in [-0.4, -0.2) is 19.8 Å². The number of nitrogens with two attached hydrogens (primary N) is 1. The third-order valence-corrected chi connectivity index (χ3v) is 2.51. The fourth-order valence-corrected chi connectivity index (χ4v) is 1.45. The van der Waals surface area contributed by atoms with Crippen molar-refractivity contribution < 1.29 is 4.74 Å². The number of anilines is 2. The maximum absolute atomic E-state index is 5.67. The molecule has 15 heavy (non-hydrogen) atoms. The minimum atomic E-state index is 0.769. The third kappa shape index (κ3) is 3.80. The summed E-state index contributed by atoms with van der Waals surface area (Å²) >= 11 is 0. The van der Waals surface area contributed by atoms with E-state index >= 15 is 0 Å². The summed E-state index contributed by atoms with van der Waals surface area (Å²) < 4.78 is 5.52. The Morgan fingerprint density at radius 3 is 3.00 bits per heavy atom. The van der Waals surface area contributed by atoms with Gasteiger partial charge in [0, 0.05) is 24.5 Å². The number of nitrogen functional groups attached to an aromatic ring is 1. The van der Waals surface area contributed by atoms with Crippen LogP contribution in [0, 0.1) is 5.92 Å². The summed E-state index contributed by atoms with van der Waals surface area (Å²) in [4.78, 5) is 0. The monoisotopic (exact) mass is 206 g/mol. The van der Waals surface area contributed by atoms with E-state index in [9.17, 15) is 0 Å². The quantitative estimate of drug-likeness (QED) is 0.553. The number of ether oxygens (including phenoxy) is 1. The second-order valence-electron chi connectivity index (χ2n) is 4.07. The highest BCUT2D eigenvalue weighted by atomic mass is 16.5. The molecule has 0 aromatic heterocycles. The fraction of sp³-hybridized carbons (Fsp3) is 0.500. The van der Waals surface area contributed by atoms with Gasteiger partial charge in [-0.05, 0) is 37.0 Å². The van der Waals surface area contributed by atoms with Crippen LogP contribution in [0.3, 0.4) is 0 Å². The van der Waals surface area contributed by atoms with E-state index in [-0.39, 0.29) is 0 Å². The predicted molar refractivity (Wildman–Crippen MR) is 62.9 cm³/mol. The van der Waals surface area contributed by atoms with E-state index in [1.165, 1.54) is 12.8 Å². The van der Waals surface area contributed by atoms with Gasteiger partial charge >= 0.3 is 0 Å². The molecule has 0 saturated heterocycles. The van der Waals surface area contributed by atoms with Crippen LogP contribution in [0.1, 0.15) is 12.8 Å². The second kappa shape index (κ2) is 5.03. The van der Waals surface area contributed by atoms with Gasteiger partial charge in [0.1, 0.15) is 0 Å². The Morgan fingerprint density at radius 1 is 1.40 bits per heavy atom. The molecule has 0 radical (unpaired) electrons. The highest BCUT2D eigenvalue weighted by Crippen LogP contribution is 2.28. The molecule has 0 spiro atoms. The SMILES string of the molecule is Nc1cccc(NCCOCC2CC2)c1. The molecule has 82 valence electrons. The summed E-state index contributed by atoms with van der Waals surface area (Å²) in [5.41, 5.74) is 7.52. The molecular weight excluding hydrogens is 188 g/mol. The molecule has 0 bridgehead atoms. The molecule has 0 heterocycles. The molecule has 1 aliphatic carbocycles. The molecule has 0 amide bonds. The highest BCUT2D eigenvalue weighted by molar-refractivity contribution is 5.53. The molecule has 0 atom stereocenters. The molecule has 1 fully saturated rings. The normalized spacial score (nSPS) is 15.2. The van der Waals surface area contributed by atoms with Crippen LogP contribution in [0.25, 0.3) is 0 Å². The summed E-state index contributed by atoms with van der Waals surface area (Å²) in [6.45, 7) is 2.54. The van der Waals surface area contributed by atoms with Gasteiger partial charge in [0.05, 0.1) is 6.61 Å². The summed E-state index contributed by atoms with van der Waals surface area (Å²) in [6, 6.07) is 7.77. The zero-order valence-corrected chi connectivity index (χ0v) is 8.91. The van der Waals surface area contributed by atoms with Crippen LogP contribution < -0.4 is 11.1 Å². The number of nitrogens with one attached hydrogen (secondary N) is 1. The van der Waals surface area contributed by atoms with Gasteiger partial charge < -0.3 is 15.8 Å². The Bertz CT molecular complexity index is 310. The second-order valence-corrected chi connectivity index (χ2v) is 4.07. The lowest BCUT2D eigenvalue weighted by atomic mass is 10.3. The first-order valence-electron chi connectivity index (χ1n) is 5.52. The van der Waals surface area contributed by atoms with Crippen LogP contribution in [-0.2, 0) is 4.74 Å². The van der Waals surface area contributed by atoms with Crippen molar-refractivity contribution in [3.8, 4) is 0 Å². The molecule has 1 aromatic rings. The van der Waals surface area contributed by atoms with Gasteiger partial charge in [0.15, 0.2) is 0 Å². The predicted octanol–water partition coefficient (Wildman–Crippen LogP) is 2.11. The van der Waals surface area contributed by atoms with E-state index in [1.54, 1.807) is 0 Å². The molecule has 1 aliphatic rings. The summed E-state index contributed by atoms with van der Waals surface area (Å²) in [6.07, 6.45) is 2.70. The first kappa shape index (κ1) is 10.3. The summed E-state index contributed by atoms with van der Waals surface area (Å²) in [5, 5.41) is 3.27. The lowest BCUT2D eigenvalue weighted by molar-refractivity contribution is 0.134. The van der Waals surface area contributed by atoms with Gasteiger partial charge in [-0.2, -0.15) is 0 Å². The van der Waals surface area contributed by atoms with Gasteiger partial charge in [-0.15, -0.1) is 0 Å². The van der Waals surface area contributed by atoms with Gasteiger partial charge in [0.2, 0.25) is 0 Å². The van der Waals surface area contributed by atoms with E-state index in [0.717, 1.165) is 37.1 Å². The van der Waals surface area contributed by atoms with Crippen molar-refractivity contribution in [3.63, 3.8) is 0 Å². The number of hydrogen-bond donors (Lipinski definition) is 2. The molecule has 3 nitrogen and oxygen atoms in total. The Kier molecular flexibility index (Phi) is 3.45. The van der Waals surface area contributed by atoms with Crippen molar-refractivity contribution in [2.75, 3.05) is 30.8 Å². The topological polar surface area (TPSA) is 47.3 Å². The van der Waals surface area contributed by atoms with Crippen LogP contribution in [0.15, 0.2) is 24.3 Å². The maximum Gasteiger partial charge on any atom is 0.0639 e. The molecule has 0 aliphatic heterocycles. The zero-order valence-electron chi connectivity index (χ0n) is 8.91. The zero-order chi connectivity index (χ0) is 10.5. The molecule has 3 N–H and O–H groups in total. The lowest BCUT2D eigenvalue weighted by Crippen LogP contribution is -2.10. The van der Waals surface area contributed by atoms with Gasteiger partial charge in [-0.1, -0.05) is 6.07 Å². The van der Waals surface area contributed by atoms with Crippen LogP contribution in [0.2, 0.25) is 0 Å². The van der Waals surface area contributed by atoms with Crippen LogP contribution in [0.5, 0.6) is 0 Å². The van der Waals surface area contributed by atoms with Gasteiger partial charge in [-0.25, -0.2) is 0 Å². The molecule has 1 saturated carbocycles. The van der Waals surface area contributed by atoms with Crippen LogP contribution >= 0.6 is 0 Å². The lowest BCUT2D eigenvalue weighted by Gasteiger charge is -2.07. The molecular formula is C12H18N2O. The molecule has 0 unspecified atom stereocenters. The van der Waals surface area contributed by atoms with Crippen LogP contribution in [0.4, 0.5) is 11.4 Å². The average Bonchev–Trinajstić information content (AvgIpc) is 3.01. The first-order valence-corrected chi connectivity index (χ1v) is 5.52. The summed E-state index contributed by atoms with van der Waals surface area (Å²) in [5.74, 6) is 0.845. The van der Waals surface area contributed by atoms with Gasteiger partial charge in [0.25, 0.3) is 0 Å². The molecule has 2 rings (SSSR count). The van der Waals surface area contributed by atoms with E-state index in [4.69, 9.17) is 10.5 Å². The van der Waals surface area contributed by atoms with Crippen molar-refractivity contribution in [2.24, 2.45) is 5.92 Å². The van der Waals surface area contributed by atoms with Crippen molar-refractivity contribution in [2.45, 2.75) is 12.8 Å². The Balaban J connectivity index is 1.60.